The van der Waals surface area contributed by atoms with Crippen LogP contribution < -0.4 is 5.73 Å². The Labute approximate surface area is 78.9 Å². The standard InChI is InChI=1S/C10H17N3/c1-10(4-5-10)9(11)7-8-3-6-12-13(8)2/h3,6,9H,4-5,7,11H2,1-2H3. The third kappa shape index (κ3) is 1.61. The molecule has 1 saturated carbocycles. The van der Waals surface area contributed by atoms with Gasteiger partial charge in [-0.25, -0.2) is 0 Å². The minimum atomic E-state index is 0.294. The van der Waals surface area contributed by atoms with Gasteiger partial charge in [-0.05, 0) is 24.3 Å². The van der Waals surface area contributed by atoms with Crippen LogP contribution in [0.5, 0.6) is 0 Å². The van der Waals surface area contributed by atoms with Crippen LogP contribution in [0.15, 0.2) is 12.3 Å². The van der Waals surface area contributed by atoms with Gasteiger partial charge in [0.1, 0.15) is 0 Å². The predicted molar refractivity (Wildman–Crippen MR) is 52.2 cm³/mol. The van der Waals surface area contributed by atoms with Crippen LogP contribution in [0, 0.1) is 5.41 Å². The summed E-state index contributed by atoms with van der Waals surface area (Å²) in [4.78, 5) is 0. The van der Waals surface area contributed by atoms with Crippen LogP contribution in [-0.4, -0.2) is 15.8 Å². The lowest BCUT2D eigenvalue weighted by Crippen LogP contribution is -2.32. The second kappa shape index (κ2) is 2.84. The Hall–Kier alpha value is -0.830. The fraction of sp³-hybridized carbons (Fsp3) is 0.700. The molecular weight excluding hydrogens is 162 g/mol. The van der Waals surface area contributed by atoms with Crippen molar-refractivity contribution in [2.24, 2.45) is 18.2 Å². The van der Waals surface area contributed by atoms with E-state index in [0.717, 1.165) is 6.42 Å². The largest absolute Gasteiger partial charge is 0.327 e. The normalized spacial score (nSPS) is 21.5. The number of hydrogen-bond donors (Lipinski definition) is 1. The van der Waals surface area contributed by atoms with Crippen molar-refractivity contribution in [3.05, 3.63) is 18.0 Å². The molecule has 1 aromatic heterocycles. The molecule has 72 valence electrons. The number of rotatable bonds is 3. The average Bonchev–Trinajstić information content (AvgIpc) is 2.72. The van der Waals surface area contributed by atoms with Crippen molar-refractivity contribution in [3.8, 4) is 0 Å². The van der Waals surface area contributed by atoms with Gasteiger partial charge in [0.05, 0.1) is 0 Å². The molecule has 1 atom stereocenters. The summed E-state index contributed by atoms with van der Waals surface area (Å²) in [5.74, 6) is 0. The Bertz CT molecular complexity index is 299. The fourth-order valence-corrected chi connectivity index (χ4v) is 1.64. The first-order chi connectivity index (χ1) is 6.12. The summed E-state index contributed by atoms with van der Waals surface area (Å²) in [5, 5.41) is 4.13. The van der Waals surface area contributed by atoms with E-state index in [4.69, 9.17) is 5.73 Å². The second-order valence-corrected chi connectivity index (χ2v) is 4.41. The van der Waals surface area contributed by atoms with Crippen molar-refractivity contribution in [1.29, 1.82) is 0 Å². The lowest BCUT2D eigenvalue weighted by Gasteiger charge is -2.18. The molecule has 0 aromatic carbocycles. The molecule has 0 spiro atoms. The summed E-state index contributed by atoms with van der Waals surface area (Å²) >= 11 is 0. The smallest absolute Gasteiger partial charge is 0.0492 e. The van der Waals surface area contributed by atoms with E-state index < -0.39 is 0 Å². The third-order valence-electron chi connectivity index (χ3n) is 3.29. The van der Waals surface area contributed by atoms with Gasteiger partial charge in [0.15, 0.2) is 0 Å². The zero-order valence-corrected chi connectivity index (χ0v) is 8.33. The predicted octanol–water partition coefficient (Wildman–Crippen LogP) is 1.09. The number of aryl methyl sites for hydroxylation is 1. The highest BCUT2D eigenvalue weighted by Crippen LogP contribution is 2.47. The van der Waals surface area contributed by atoms with Gasteiger partial charge in [0.25, 0.3) is 0 Å². The van der Waals surface area contributed by atoms with Gasteiger partial charge in [-0.3, -0.25) is 4.68 Å². The SMILES string of the molecule is Cn1nccc1CC(N)C1(C)CC1. The molecule has 0 saturated heterocycles. The van der Waals surface area contributed by atoms with Gasteiger partial charge in [-0.15, -0.1) is 0 Å². The van der Waals surface area contributed by atoms with Gasteiger partial charge in [-0.1, -0.05) is 6.92 Å². The summed E-state index contributed by atoms with van der Waals surface area (Å²) in [6.07, 6.45) is 5.35. The molecule has 1 aliphatic carbocycles. The van der Waals surface area contributed by atoms with E-state index >= 15 is 0 Å². The van der Waals surface area contributed by atoms with Gasteiger partial charge < -0.3 is 5.73 Å². The van der Waals surface area contributed by atoms with Crippen LogP contribution in [0.3, 0.4) is 0 Å². The third-order valence-corrected chi connectivity index (χ3v) is 3.29. The van der Waals surface area contributed by atoms with Crippen LogP contribution in [0.2, 0.25) is 0 Å². The van der Waals surface area contributed by atoms with Crippen molar-refractivity contribution in [3.63, 3.8) is 0 Å². The number of aromatic nitrogens is 2. The quantitative estimate of drug-likeness (QED) is 0.755. The van der Waals surface area contributed by atoms with E-state index in [1.165, 1.54) is 18.5 Å². The van der Waals surface area contributed by atoms with E-state index in [0.29, 0.717) is 11.5 Å². The molecule has 0 bridgehead atoms. The first-order valence-electron chi connectivity index (χ1n) is 4.84. The number of nitrogens with zero attached hydrogens (tertiary/aromatic N) is 2. The van der Waals surface area contributed by atoms with Crippen molar-refractivity contribution >= 4 is 0 Å². The molecule has 0 radical (unpaired) electrons. The summed E-state index contributed by atoms with van der Waals surface area (Å²) in [6.45, 7) is 2.27. The molecule has 3 nitrogen and oxygen atoms in total. The molecule has 0 amide bonds. The second-order valence-electron chi connectivity index (χ2n) is 4.41. The lowest BCUT2D eigenvalue weighted by molar-refractivity contribution is 0.424. The lowest BCUT2D eigenvalue weighted by atomic mass is 9.95. The van der Waals surface area contributed by atoms with Crippen LogP contribution in [0.4, 0.5) is 0 Å². The number of nitrogens with two attached hydrogens (primary N) is 1. The van der Waals surface area contributed by atoms with E-state index in [-0.39, 0.29) is 0 Å². The fourth-order valence-electron chi connectivity index (χ4n) is 1.64. The molecule has 2 rings (SSSR count). The van der Waals surface area contributed by atoms with Crippen molar-refractivity contribution < 1.29 is 0 Å². The van der Waals surface area contributed by atoms with Crippen molar-refractivity contribution in [2.45, 2.75) is 32.2 Å². The highest BCUT2D eigenvalue weighted by atomic mass is 15.3. The van der Waals surface area contributed by atoms with E-state index in [2.05, 4.69) is 12.0 Å². The van der Waals surface area contributed by atoms with Crippen LogP contribution in [0.25, 0.3) is 0 Å². The van der Waals surface area contributed by atoms with Crippen molar-refractivity contribution in [1.82, 2.24) is 9.78 Å². The highest BCUT2D eigenvalue weighted by molar-refractivity contribution is 5.07. The molecular formula is C10H17N3. The summed E-state index contributed by atoms with van der Waals surface area (Å²) < 4.78 is 1.91. The Morgan fingerprint density at radius 1 is 1.69 bits per heavy atom. The zero-order chi connectivity index (χ0) is 9.47. The Kier molecular flexibility index (Phi) is 1.91. The number of hydrogen-bond acceptors (Lipinski definition) is 2. The van der Waals surface area contributed by atoms with Gasteiger partial charge in [0, 0.05) is 31.4 Å². The first kappa shape index (κ1) is 8.75. The van der Waals surface area contributed by atoms with E-state index in [9.17, 15) is 0 Å². The Morgan fingerprint density at radius 3 is 2.85 bits per heavy atom. The average molecular weight is 179 g/mol. The molecule has 1 heterocycles. The van der Waals surface area contributed by atoms with Gasteiger partial charge >= 0.3 is 0 Å². The Balaban J connectivity index is 2.02. The molecule has 13 heavy (non-hydrogen) atoms. The van der Waals surface area contributed by atoms with Crippen LogP contribution in [-0.2, 0) is 13.5 Å². The Morgan fingerprint density at radius 2 is 2.38 bits per heavy atom. The summed E-state index contributed by atoms with van der Waals surface area (Å²) in [7, 11) is 1.97. The van der Waals surface area contributed by atoms with Crippen molar-refractivity contribution in [2.75, 3.05) is 0 Å². The van der Waals surface area contributed by atoms with Crippen LogP contribution >= 0.6 is 0 Å². The first-order valence-corrected chi connectivity index (χ1v) is 4.84. The minimum Gasteiger partial charge on any atom is -0.327 e. The van der Waals surface area contributed by atoms with E-state index in [1.54, 1.807) is 0 Å². The van der Waals surface area contributed by atoms with E-state index in [1.807, 2.05) is 24.0 Å². The van der Waals surface area contributed by atoms with Crippen LogP contribution in [0.1, 0.15) is 25.5 Å². The molecule has 1 aliphatic rings. The molecule has 1 fully saturated rings. The highest BCUT2D eigenvalue weighted by Gasteiger charge is 2.42. The topological polar surface area (TPSA) is 43.8 Å². The maximum Gasteiger partial charge on any atom is 0.0492 e. The maximum atomic E-state index is 6.13. The minimum absolute atomic E-state index is 0.294. The summed E-state index contributed by atoms with van der Waals surface area (Å²) in [6, 6.07) is 2.34. The maximum absolute atomic E-state index is 6.13. The van der Waals surface area contributed by atoms with Gasteiger partial charge in [0.2, 0.25) is 0 Å². The molecule has 1 unspecified atom stereocenters. The molecule has 3 heteroatoms. The molecule has 1 aromatic rings. The summed E-state index contributed by atoms with van der Waals surface area (Å²) in [5.41, 5.74) is 7.78. The molecule has 2 N–H and O–H groups in total. The van der Waals surface area contributed by atoms with Gasteiger partial charge in [-0.2, -0.15) is 5.10 Å². The molecule has 0 aliphatic heterocycles. The monoisotopic (exact) mass is 179 g/mol. The zero-order valence-electron chi connectivity index (χ0n) is 8.33.